The van der Waals surface area contributed by atoms with E-state index in [2.05, 4.69) is 35.9 Å². The van der Waals surface area contributed by atoms with Crippen molar-refractivity contribution in [2.75, 3.05) is 6.54 Å². The zero-order valence-corrected chi connectivity index (χ0v) is 12.6. The van der Waals surface area contributed by atoms with Crippen LogP contribution in [-0.2, 0) is 6.54 Å². The predicted molar refractivity (Wildman–Crippen MR) is 80.8 cm³/mol. The van der Waals surface area contributed by atoms with Gasteiger partial charge in [-0.15, -0.1) is 0 Å². The van der Waals surface area contributed by atoms with Crippen molar-refractivity contribution < 1.29 is 0 Å². The quantitative estimate of drug-likeness (QED) is 0.821. The lowest BCUT2D eigenvalue weighted by Crippen LogP contribution is -2.43. The second-order valence-corrected chi connectivity index (χ2v) is 5.77. The minimum absolute atomic E-state index is 0.182. The van der Waals surface area contributed by atoms with Crippen LogP contribution in [0.25, 0.3) is 0 Å². The third kappa shape index (κ3) is 3.58. The molecule has 108 valence electrons. The molecule has 1 heterocycles. The molecule has 0 bridgehead atoms. The van der Waals surface area contributed by atoms with Gasteiger partial charge in [-0.3, -0.25) is 9.88 Å². The van der Waals surface area contributed by atoms with Crippen LogP contribution in [0.15, 0.2) is 24.4 Å². The van der Waals surface area contributed by atoms with Crippen LogP contribution in [0.3, 0.4) is 0 Å². The number of rotatable bonds is 5. The smallest absolute Gasteiger partial charge is 0.0672 e. The second-order valence-electron chi connectivity index (χ2n) is 5.77. The Bertz CT molecular complexity index is 437. The normalized spacial score (nSPS) is 26.4. The van der Waals surface area contributed by atoms with Crippen LogP contribution < -0.4 is 0 Å². The number of nitriles is 1. The second kappa shape index (κ2) is 7.40. The third-order valence-electron chi connectivity index (χ3n) is 4.63. The molecule has 3 nitrogen and oxygen atoms in total. The zero-order valence-electron chi connectivity index (χ0n) is 12.6. The molecule has 0 amide bonds. The summed E-state index contributed by atoms with van der Waals surface area (Å²) >= 11 is 0. The monoisotopic (exact) mass is 271 g/mol. The van der Waals surface area contributed by atoms with Crippen molar-refractivity contribution >= 4 is 0 Å². The molecule has 1 aliphatic rings. The minimum atomic E-state index is 0.182. The fraction of sp³-hybridized carbons (Fsp3) is 0.647. The Morgan fingerprint density at radius 2 is 2.20 bits per heavy atom. The lowest BCUT2D eigenvalue weighted by atomic mass is 9.77. The molecule has 0 spiro atoms. The molecule has 1 saturated carbocycles. The molecule has 20 heavy (non-hydrogen) atoms. The van der Waals surface area contributed by atoms with Crippen LogP contribution in [0, 0.1) is 23.2 Å². The molecule has 3 atom stereocenters. The van der Waals surface area contributed by atoms with E-state index in [0.717, 1.165) is 37.5 Å². The highest BCUT2D eigenvalue weighted by Crippen LogP contribution is 2.34. The molecular formula is C17H25N3. The first-order chi connectivity index (χ1) is 9.78. The first kappa shape index (κ1) is 15.0. The van der Waals surface area contributed by atoms with E-state index in [-0.39, 0.29) is 5.92 Å². The van der Waals surface area contributed by atoms with Gasteiger partial charge in [0.05, 0.1) is 17.7 Å². The maximum Gasteiger partial charge on any atom is 0.0672 e. The van der Waals surface area contributed by atoms with Crippen molar-refractivity contribution in [2.45, 2.75) is 52.1 Å². The van der Waals surface area contributed by atoms with E-state index < -0.39 is 0 Å². The van der Waals surface area contributed by atoms with Crippen LogP contribution in [0.2, 0.25) is 0 Å². The van der Waals surface area contributed by atoms with Gasteiger partial charge in [-0.25, -0.2) is 0 Å². The lowest BCUT2D eigenvalue weighted by molar-refractivity contribution is 0.0968. The van der Waals surface area contributed by atoms with Crippen molar-refractivity contribution in [1.82, 2.24) is 9.88 Å². The van der Waals surface area contributed by atoms with Crippen molar-refractivity contribution in [1.29, 1.82) is 5.26 Å². The van der Waals surface area contributed by atoms with Gasteiger partial charge in [0.15, 0.2) is 0 Å². The summed E-state index contributed by atoms with van der Waals surface area (Å²) in [6.45, 7) is 6.29. The van der Waals surface area contributed by atoms with Crippen molar-refractivity contribution in [3.05, 3.63) is 30.1 Å². The van der Waals surface area contributed by atoms with Gasteiger partial charge >= 0.3 is 0 Å². The van der Waals surface area contributed by atoms with E-state index in [9.17, 15) is 5.26 Å². The Kier molecular flexibility index (Phi) is 5.55. The number of hydrogen-bond acceptors (Lipinski definition) is 3. The molecule has 0 N–H and O–H groups in total. The van der Waals surface area contributed by atoms with Crippen LogP contribution in [-0.4, -0.2) is 22.5 Å². The lowest BCUT2D eigenvalue weighted by Gasteiger charge is -2.39. The third-order valence-corrected chi connectivity index (χ3v) is 4.63. The predicted octanol–water partition coefficient (Wildman–Crippen LogP) is 3.62. The number of nitrogens with zero attached hydrogens (tertiary/aromatic N) is 3. The Morgan fingerprint density at radius 3 is 2.80 bits per heavy atom. The number of aromatic nitrogens is 1. The van der Waals surface area contributed by atoms with E-state index in [1.54, 1.807) is 0 Å². The molecule has 1 fully saturated rings. The van der Waals surface area contributed by atoms with E-state index >= 15 is 0 Å². The van der Waals surface area contributed by atoms with Crippen molar-refractivity contribution in [2.24, 2.45) is 11.8 Å². The van der Waals surface area contributed by atoms with E-state index in [0.29, 0.717) is 6.04 Å². The van der Waals surface area contributed by atoms with Crippen LogP contribution in [0.4, 0.5) is 0 Å². The molecule has 1 aliphatic carbocycles. The summed E-state index contributed by atoms with van der Waals surface area (Å²) in [5.74, 6) is 0.962. The van der Waals surface area contributed by atoms with Gasteiger partial charge in [0, 0.05) is 18.8 Å². The Labute approximate surface area is 122 Å². The molecule has 3 unspecified atom stereocenters. The molecular weight excluding hydrogens is 246 g/mol. The molecule has 1 aromatic heterocycles. The highest BCUT2D eigenvalue weighted by molar-refractivity contribution is 5.05. The molecule has 3 heteroatoms. The summed E-state index contributed by atoms with van der Waals surface area (Å²) < 4.78 is 0. The Hall–Kier alpha value is -1.40. The summed E-state index contributed by atoms with van der Waals surface area (Å²) in [6.07, 6.45) is 6.51. The summed E-state index contributed by atoms with van der Waals surface area (Å²) in [6, 6.07) is 8.99. The van der Waals surface area contributed by atoms with Gasteiger partial charge in [0.25, 0.3) is 0 Å². The Balaban J connectivity index is 2.09. The fourth-order valence-corrected chi connectivity index (χ4v) is 3.32. The average Bonchev–Trinajstić information content (AvgIpc) is 2.53. The van der Waals surface area contributed by atoms with E-state index in [1.807, 2.05) is 18.3 Å². The molecule has 0 aliphatic heterocycles. The molecule has 0 aromatic carbocycles. The van der Waals surface area contributed by atoms with E-state index in [1.165, 1.54) is 12.8 Å². The molecule has 0 saturated heterocycles. The average molecular weight is 271 g/mol. The van der Waals surface area contributed by atoms with Gasteiger partial charge in [0.2, 0.25) is 0 Å². The van der Waals surface area contributed by atoms with Crippen molar-refractivity contribution in [3.63, 3.8) is 0 Å². The fourth-order valence-electron chi connectivity index (χ4n) is 3.32. The first-order valence-electron chi connectivity index (χ1n) is 7.82. The minimum Gasteiger partial charge on any atom is -0.294 e. The maximum absolute atomic E-state index is 9.44. The van der Waals surface area contributed by atoms with Crippen LogP contribution in [0.1, 0.15) is 45.2 Å². The summed E-state index contributed by atoms with van der Waals surface area (Å²) in [5.41, 5.74) is 1.10. The maximum atomic E-state index is 9.44. The van der Waals surface area contributed by atoms with Gasteiger partial charge in [-0.05, 0) is 43.9 Å². The van der Waals surface area contributed by atoms with Crippen molar-refractivity contribution in [3.8, 4) is 6.07 Å². The summed E-state index contributed by atoms with van der Waals surface area (Å²) in [7, 11) is 0. The zero-order chi connectivity index (χ0) is 14.4. The topological polar surface area (TPSA) is 39.9 Å². The molecule has 1 aromatic rings. The van der Waals surface area contributed by atoms with Gasteiger partial charge in [-0.2, -0.15) is 5.26 Å². The molecule has 0 radical (unpaired) electrons. The molecule has 2 rings (SSSR count). The number of hydrogen-bond donors (Lipinski definition) is 0. The summed E-state index contributed by atoms with van der Waals surface area (Å²) in [4.78, 5) is 6.87. The highest BCUT2D eigenvalue weighted by Gasteiger charge is 2.33. The van der Waals surface area contributed by atoms with E-state index in [4.69, 9.17) is 0 Å². The number of pyridine rings is 1. The Morgan fingerprint density at radius 1 is 1.35 bits per heavy atom. The standard InChI is InChI=1S/C17H25N3/c1-3-14-8-9-15(12-18)17(11-14)20(4-2)13-16-7-5-6-10-19-16/h5-7,10,14-15,17H,3-4,8-9,11,13H2,1-2H3. The van der Waals surface area contributed by atoms with Gasteiger partial charge < -0.3 is 0 Å². The van der Waals surface area contributed by atoms with Gasteiger partial charge in [-0.1, -0.05) is 26.3 Å². The van der Waals surface area contributed by atoms with Gasteiger partial charge in [0.1, 0.15) is 0 Å². The van der Waals surface area contributed by atoms with Crippen LogP contribution in [0.5, 0.6) is 0 Å². The highest BCUT2D eigenvalue weighted by atomic mass is 15.2. The summed E-state index contributed by atoms with van der Waals surface area (Å²) in [5, 5.41) is 9.44. The van der Waals surface area contributed by atoms with Crippen LogP contribution >= 0.6 is 0 Å². The SMILES string of the molecule is CCC1CCC(C#N)C(N(CC)Cc2ccccn2)C1. The largest absolute Gasteiger partial charge is 0.294 e. The first-order valence-corrected chi connectivity index (χ1v) is 7.82.